The number of nitrogens with zero attached hydrogens (tertiary/aromatic N) is 4. The summed E-state index contributed by atoms with van der Waals surface area (Å²) in [5.74, 6) is 0.299. The van der Waals surface area contributed by atoms with Crippen LogP contribution < -0.4 is 0 Å². The first-order valence-electron chi connectivity index (χ1n) is 7.70. The molecule has 0 fully saturated rings. The molecule has 0 aliphatic rings. The molecule has 0 aliphatic carbocycles. The molecule has 1 atom stereocenters. The summed E-state index contributed by atoms with van der Waals surface area (Å²) >= 11 is 0. The molecule has 0 radical (unpaired) electrons. The lowest BCUT2D eigenvalue weighted by Crippen LogP contribution is -2.31. The molecule has 0 aliphatic heterocycles. The first kappa shape index (κ1) is 16.2. The minimum absolute atomic E-state index is 0.00874. The molecule has 2 aromatic rings. The Hall–Kier alpha value is -2.17. The smallest absolute Gasteiger partial charge is 0.272 e. The van der Waals surface area contributed by atoms with E-state index in [0.717, 1.165) is 11.3 Å². The Kier molecular flexibility index (Phi) is 4.96. The summed E-state index contributed by atoms with van der Waals surface area (Å²) in [5, 5.41) is 4.52. The third kappa shape index (κ3) is 3.18. The molecular formula is C17H24N4O. The molecule has 1 amide bonds. The minimum atomic E-state index is -0.0155. The van der Waals surface area contributed by atoms with E-state index in [1.54, 1.807) is 22.0 Å². The van der Waals surface area contributed by atoms with E-state index in [2.05, 4.69) is 23.9 Å². The number of carbonyl (C=O) groups excluding carboxylic acids is 1. The van der Waals surface area contributed by atoms with Crippen LogP contribution in [-0.4, -0.2) is 32.6 Å². The fourth-order valence-corrected chi connectivity index (χ4v) is 2.35. The van der Waals surface area contributed by atoms with Crippen LogP contribution in [0, 0.1) is 0 Å². The topological polar surface area (TPSA) is 51.0 Å². The molecule has 118 valence electrons. The van der Waals surface area contributed by atoms with E-state index in [9.17, 15) is 4.79 Å². The Morgan fingerprint density at radius 3 is 2.45 bits per heavy atom. The summed E-state index contributed by atoms with van der Waals surface area (Å²) < 4.78 is 1.79. The first-order chi connectivity index (χ1) is 10.5. The Balaban J connectivity index is 2.27. The SMILES string of the molecule is CCn1nc(C(C)C)cc1C(=O)N(C)[C@@H](C)c1ccncc1. The lowest BCUT2D eigenvalue weighted by Gasteiger charge is -2.25. The number of rotatable bonds is 5. The van der Waals surface area contributed by atoms with Crippen LogP contribution in [0.1, 0.15) is 61.4 Å². The van der Waals surface area contributed by atoms with E-state index in [0.29, 0.717) is 18.2 Å². The normalized spacial score (nSPS) is 12.5. The van der Waals surface area contributed by atoms with Gasteiger partial charge < -0.3 is 4.90 Å². The lowest BCUT2D eigenvalue weighted by molar-refractivity contribution is 0.0730. The average molecular weight is 300 g/mol. The monoisotopic (exact) mass is 300 g/mol. The Labute approximate surface area is 132 Å². The van der Waals surface area contributed by atoms with Crippen molar-refractivity contribution >= 4 is 5.91 Å². The Bertz CT molecular complexity index is 633. The van der Waals surface area contributed by atoms with Crippen molar-refractivity contribution in [3.8, 4) is 0 Å². The van der Waals surface area contributed by atoms with Gasteiger partial charge in [-0.3, -0.25) is 14.5 Å². The van der Waals surface area contributed by atoms with Crippen molar-refractivity contribution < 1.29 is 4.79 Å². The molecular weight excluding hydrogens is 276 g/mol. The van der Waals surface area contributed by atoms with Gasteiger partial charge in [-0.15, -0.1) is 0 Å². The largest absolute Gasteiger partial charge is 0.334 e. The number of hydrogen-bond acceptors (Lipinski definition) is 3. The highest BCUT2D eigenvalue weighted by molar-refractivity contribution is 5.92. The molecule has 0 saturated carbocycles. The van der Waals surface area contributed by atoms with Crippen LogP contribution in [0.15, 0.2) is 30.6 Å². The van der Waals surface area contributed by atoms with Crippen LogP contribution in [0.3, 0.4) is 0 Å². The zero-order chi connectivity index (χ0) is 16.3. The summed E-state index contributed by atoms with van der Waals surface area (Å²) in [5.41, 5.74) is 2.67. The average Bonchev–Trinajstić information content (AvgIpc) is 2.98. The van der Waals surface area contributed by atoms with Crippen LogP contribution in [0.5, 0.6) is 0 Å². The van der Waals surface area contributed by atoms with Crippen LogP contribution in [0.4, 0.5) is 0 Å². The molecule has 0 saturated heterocycles. The van der Waals surface area contributed by atoms with Gasteiger partial charge in [0.15, 0.2) is 0 Å². The fraction of sp³-hybridized carbons (Fsp3) is 0.471. The highest BCUT2D eigenvalue weighted by Gasteiger charge is 2.23. The van der Waals surface area contributed by atoms with Crippen LogP contribution in [0.2, 0.25) is 0 Å². The number of aryl methyl sites for hydroxylation is 1. The van der Waals surface area contributed by atoms with Crippen LogP contribution in [0.25, 0.3) is 0 Å². The van der Waals surface area contributed by atoms with Gasteiger partial charge in [-0.2, -0.15) is 5.10 Å². The predicted octanol–water partition coefficient (Wildman–Crippen LogP) is 3.25. The second-order valence-corrected chi connectivity index (χ2v) is 5.80. The van der Waals surface area contributed by atoms with Gasteiger partial charge in [-0.05, 0) is 43.5 Å². The summed E-state index contributed by atoms with van der Waals surface area (Å²) in [6.07, 6.45) is 3.49. The van der Waals surface area contributed by atoms with Gasteiger partial charge in [0.1, 0.15) is 5.69 Å². The van der Waals surface area contributed by atoms with Gasteiger partial charge in [0.2, 0.25) is 0 Å². The fourth-order valence-electron chi connectivity index (χ4n) is 2.35. The van der Waals surface area contributed by atoms with Crippen LogP contribution in [-0.2, 0) is 6.54 Å². The van der Waals surface area contributed by atoms with Crippen molar-refractivity contribution in [3.63, 3.8) is 0 Å². The van der Waals surface area contributed by atoms with Gasteiger partial charge in [0.25, 0.3) is 5.91 Å². The standard InChI is InChI=1S/C17H24N4O/c1-6-21-16(11-15(19-21)12(2)3)17(22)20(5)13(4)14-7-9-18-10-8-14/h7-13H,6H2,1-5H3/t13-/m0/s1. The second-order valence-electron chi connectivity index (χ2n) is 5.80. The molecule has 0 N–H and O–H groups in total. The minimum Gasteiger partial charge on any atom is -0.334 e. The maximum atomic E-state index is 12.8. The van der Waals surface area contributed by atoms with Crippen molar-refractivity contribution in [2.45, 2.75) is 46.2 Å². The van der Waals surface area contributed by atoms with Crippen molar-refractivity contribution in [2.24, 2.45) is 0 Å². The Morgan fingerprint density at radius 2 is 1.91 bits per heavy atom. The maximum Gasteiger partial charge on any atom is 0.272 e. The molecule has 0 aromatic carbocycles. The summed E-state index contributed by atoms with van der Waals surface area (Å²) in [7, 11) is 1.83. The zero-order valence-corrected chi connectivity index (χ0v) is 13.9. The van der Waals surface area contributed by atoms with E-state index in [1.807, 2.05) is 39.1 Å². The highest BCUT2D eigenvalue weighted by Crippen LogP contribution is 2.22. The molecule has 5 nitrogen and oxygen atoms in total. The van der Waals surface area contributed by atoms with Crippen molar-refractivity contribution in [2.75, 3.05) is 7.05 Å². The summed E-state index contributed by atoms with van der Waals surface area (Å²) in [6.45, 7) is 8.87. The van der Waals surface area contributed by atoms with Crippen molar-refractivity contribution in [1.82, 2.24) is 19.7 Å². The molecule has 5 heteroatoms. The van der Waals surface area contributed by atoms with Crippen molar-refractivity contribution in [1.29, 1.82) is 0 Å². The van der Waals surface area contributed by atoms with Gasteiger partial charge in [0, 0.05) is 26.0 Å². The summed E-state index contributed by atoms with van der Waals surface area (Å²) in [4.78, 5) is 18.6. The van der Waals surface area contributed by atoms with E-state index < -0.39 is 0 Å². The maximum absolute atomic E-state index is 12.8. The number of amides is 1. The third-order valence-electron chi connectivity index (χ3n) is 4.00. The molecule has 0 unspecified atom stereocenters. The third-order valence-corrected chi connectivity index (χ3v) is 4.00. The Morgan fingerprint density at radius 1 is 1.27 bits per heavy atom. The highest BCUT2D eigenvalue weighted by atomic mass is 16.2. The molecule has 0 bridgehead atoms. The van der Waals surface area contributed by atoms with E-state index in [-0.39, 0.29) is 11.9 Å². The van der Waals surface area contributed by atoms with Gasteiger partial charge in [-0.25, -0.2) is 0 Å². The number of pyridine rings is 1. The number of aromatic nitrogens is 3. The van der Waals surface area contributed by atoms with E-state index in [1.165, 1.54) is 0 Å². The number of hydrogen-bond donors (Lipinski definition) is 0. The lowest BCUT2D eigenvalue weighted by atomic mass is 10.1. The quantitative estimate of drug-likeness (QED) is 0.851. The van der Waals surface area contributed by atoms with Crippen molar-refractivity contribution in [3.05, 3.63) is 47.5 Å². The predicted molar refractivity (Wildman–Crippen MR) is 86.7 cm³/mol. The van der Waals surface area contributed by atoms with Gasteiger partial charge >= 0.3 is 0 Å². The van der Waals surface area contributed by atoms with Crippen LogP contribution >= 0.6 is 0 Å². The molecule has 22 heavy (non-hydrogen) atoms. The zero-order valence-electron chi connectivity index (χ0n) is 13.9. The summed E-state index contributed by atoms with van der Waals surface area (Å²) in [6, 6.07) is 5.76. The molecule has 2 aromatic heterocycles. The molecule has 0 spiro atoms. The van der Waals surface area contributed by atoms with Gasteiger partial charge in [-0.1, -0.05) is 13.8 Å². The van der Waals surface area contributed by atoms with E-state index in [4.69, 9.17) is 0 Å². The number of carbonyl (C=O) groups is 1. The van der Waals surface area contributed by atoms with E-state index >= 15 is 0 Å². The molecule has 2 heterocycles. The molecule has 2 rings (SSSR count). The van der Waals surface area contributed by atoms with Gasteiger partial charge in [0.05, 0.1) is 11.7 Å². The second kappa shape index (κ2) is 6.73. The first-order valence-corrected chi connectivity index (χ1v) is 7.70.